The smallest absolute Gasteiger partial charge is 0.225 e. The third kappa shape index (κ3) is 3.49. The Kier molecular flexibility index (Phi) is 4.49. The fraction of sp³-hybridized carbons (Fsp3) is 0.450. The number of aryl methyl sites for hydroxylation is 2. The van der Waals surface area contributed by atoms with Gasteiger partial charge in [-0.05, 0) is 25.3 Å². The van der Waals surface area contributed by atoms with Crippen molar-refractivity contribution in [2.45, 2.75) is 45.2 Å². The molecule has 1 aliphatic heterocycles. The van der Waals surface area contributed by atoms with Crippen LogP contribution >= 0.6 is 0 Å². The highest BCUT2D eigenvalue weighted by molar-refractivity contribution is 5.83. The molecule has 2 N–H and O–H groups in total. The maximum absolute atomic E-state index is 12.7. The van der Waals surface area contributed by atoms with Gasteiger partial charge in [0.05, 0.1) is 11.7 Å². The van der Waals surface area contributed by atoms with Crippen LogP contribution in [0.15, 0.2) is 30.3 Å². The van der Waals surface area contributed by atoms with Gasteiger partial charge in [-0.15, -0.1) is 0 Å². The minimum atomic E-state index is -0.0939. The number of nitrogens with one attached hydrogen (secondary N) is 2. The SMILES string of the molecule is Cc1nc2c([nH]1)C[C@H](C(=O)N[C@H]1CC(=O)N(Cc3ccccc3)C1)CC2. The number of aromatic amines is 1. The maximum atomic E-state index is 12.7. The minimum absolute atomic E-state index is 0.0411. The van der Waals surface area contributed by atoms with E-state index in [9.17, 15) is 9.59 Å². The van der Waals surface area contributed by atoms with Crippen molar-refractivity contribution in [3.05, 3.63) is 53.1 Å². The van der Waals surface area contributed by atoms with Crippen LogP contribution in [-0.2, 0) is 29.0 Å². The van der Waals surface area contributed by atoms with E-state index in [0.29, 0.717) is 25.9 Å². The average molecular weight is 352 g/mol. The van der Waals surface area contributed by atoms with Crippen LogP contribution in [0.25, 0.3) is 0 Å². The van der Waals surface area contributed by atoms with Gasteiger partial charge in [0.15, 0.2) is 0 Å². The third-order valence-corrected chi connectivity index (χ3v) is 5.31. The van der Waals surface area contributed by atoms with Crippen molar-refractivity contribution in [3.63, 3.8) is 0 Å². The van der Waals surface area contributed by atoms with Crippen LogP contribution in [0.1, 0.15) is 35.6 Å². The predicted molar refractivity (Wildman–Crippen MR) is 97.2 cm³/mol. The number of imidazole rings is 1. The Morgan fingerprint density at radius 3 is 2.92 bits per heavy atom. The number of amides is 2. The number of carbonyl (C=O) groups excluding carboxylic acids is 2. The Labute approximate surface area is 153 Å². The fourth-order valence-electron chi connectivity index (χ4n) is 3.99. The number of aromatic nitrogens is 2. The zero-order chi connectivity index (χ0) is 18.1. The molecule has 2 atom stereocenters. The van der Waals surface area contributed by atoms with E-state index in [2.05, 4.69) is 15.3 Å². The molecule has 0 bridgehead atoms. The van der Waals surface area contributed by atoms with Gasteiger partial charge in [-0.3, -0.25) is 9.59 Å². The molecule has 4 rings (SSSR count). The molecule has 0 saturated carbocycles. The monoisotopic (exact) mass is 352 g/mol. The summed E-state index contributed by atoms with van der Waals surface area (Å²) in [5.41, 5.74) is 3.29. The fourth-order valence-corrected chi connectivity index (χ4v) is 3.99. The summed E-state index contributed by atoms with van der Waals surface area (Å²) < 4.78 is 0. The van der Waals surface area contributed by atoms with Crippen LogP contribution in [0.4, 0.5) is 0 Å². The summed E-state index contributed by atoms with van der Waals surface area (Å²) in [7, 11) is 0. The van der Waals surface area contributed by atoms with Crippen LogP contribution in [-0.4, -0.2) is 39.3 Å². The Morgan fingerprint density at radius 1 is 1.31 bits per heavy atom. The van der Waals surface area contributed by atoms with Crippen molar-refractivity contribution >= 4 is 11.8 Å². The van der Waals surface area contributed by atoms with Crippen LogP contribution in [0, 0.1) is 12.8 Å². The van der Waals surface area contributed by atoms with Gasteiger partial charge in [-0.25, -0.2) is 4.98 Å². The molecule has 1 fully saturated rings. The van der Waals surface area contributed by atoms with Gasteiger partial charge in [-0.2, -0.15) is 0 Å². The molecule has 2 aliphatic rings. The predicted octanol–water partition coefficient (Wildman–Crippen LogP) is 1.74. The minimum Gasteiger partial charge on any atom is -0.351 e. The number of rotatable bonds is 4. The third-order valence-electron chi connectivity index (χ3n) is 5.31. The molecule has 1 aromatic heterocycles. The Balaban J connectivity index is 1.33. The molecule has 2 aromatic rings. The lowest BCUT2D eigenvalue weighted by Gasteiger charge is -2.23. The summed E-state index contributed by atoms with van der Waals surface area (Å²) in [6, 6.07) is 9.86. The van der Waals surface area contributed by atoms with E-state index >= 15 is 0 Å². The molecule has 1 aliphatic carbocycles. The molecule has 1 saturated heterocycles. The second-order valence-electron chi connectivity index (χ2n) is 7.36. The molecule has 0 unspecified atom stereocenters. The summed E-state index contributed by atoms with van der Waals surface area (Å²) in [5, 5.41) is 3.10. The Morgan fingerprint density at radius 2 is 2.12 bits per heavy atom. The highest BCUT2D eigenvalue weighted by atomic mass is 16.2. The molecular weight excluding hydrogens is 328 g/mol. The van der Waals surface area contributed by atoms with Crippen molar-refractivity contribution in [2.75, 3.05) is 6.54 Å². The number of hydrogen-bond acceptors (Lipinski definition) is 3. The van der Waals surface area contributed by atoms with Crippen molar-refractivity contribution in [2.24, 2.45) is 5.92 Å². The van der Waals surface area contributed by atoms with Gasteiger partial charge in [0.25, 0.3) is 0 Å². The first-order valence-electron chi connectivity index (χ1n) is 9.25. The van der Waals surface area contributed by atoms with E-state index in [-0.39, 0.29) is 23.8 Å². The summed E-state index contributed by atoms with van der Waals surface area (Å²) >= 11 is 0. The summed E-state index contributed by atoms with van der Waals surface area (Å²) in [5.74, 6) is 1.03. The molecule has 136 valence electrons. The molecule has 1 aromatic carbocycles. The van der Waals surface area contributed by atoms with E-state index in [1.54, 1.807) is 0 Å². The first kappa shape index (κ1) is 16.8. The molecule has 0 spiro atoms. The highest BCUT2D eigenvalue weighted by Gasteiger charge is 2.33. The molecular formula is C20H24N4O2. The second-order valence-corrected chi connectivity index (χ2v) is 7.36. The molecule has 26 heavy (non-hydrogen) atoms. The summed E-state index contributed by atoms with van der Waals surface area (Å²) in [6.07, 6.45) is 2.75. The van der Waals surface area contributed by atoms with Crippen LogP contribution in [0.3, 0.4) is 0 Å². The van der Waals surface area contributed by atoms with E-state index in [1.165, 1.54) is 0 Å². The van der Waals surface area contributed by atoms with Crippen LogP contribution in [0.5, 0.6) is 0 Å². The number of H-pyrrole nitrogens is 1. The van der Waals surface area contributed by atoms with Gasteiger partial charge in [-0.1, -0.05) is 30.3 Å². The van der Waals surface area contributed by atoms with Gasteiger partial charge in [0, 0.05) is 37.5 Å². The zero-order valence-electron chi connectivity index (χ0n) is 15.0. The molecule has 0 radical (unpaired) electrons. The largest absolute Gasteiger partial charge is 0.351 e. The summed E-state index contributed by atoms with van der Waals surface area (Å²) in [4.78, 5) is 34.5. The normalized spacial score (nSPS) is 22.3. The second kappa shape index (κ2) is 6.94. The number of benzene rings is 1. The molecule has 2 heterocycles. The topological polar surface area (TPSA) is 78.1 Å². The lowest BCUT2D eigenvalue weighted by Crippen LogP contribution is -2.42. The number of nitrogens with zero attached hydrogens (tertiary/aromatic N) is 2. The van der Waals surface area contributed by atoms with E-state index in [1.807, 2.05) is 42.2 Å². The number of likely N-dealkylation sites (tertiary alicyclic amines) is 1. The zero-order valence-corrected chi connectivity index (χ0v) is 15.0. The number of carbonyl (C=O) groups is 2. The van der Waals surface area contributed by atoms with Gasteiger partial charge in [0.2, 0.25) is 11.8 Å². The van der Waals surface area contributed by atoms with Gasteiger partial charge in [0.1, 0.15) is 5.82 Å². The number of fused-ring (bicyclic) bond motifs is 1. The van der Waals surface area contributed by atoms with Crippen molar-refractivity contribution in [1.82, 2.24) is 20.2 Å². The average Bonchev–Trinajstić information content (AvgIpc) is 3.16. The van der Waals surface area contributed by atoms with Crippen molar-refractivity contribution in [1.29, 1.82) is 0 Å². The van der Waals surface area contributed by atoms with E-state index in [4.69, 9.17) is 0 Å². The lowest BCUT2D eigenvalue weighted by molar-refractivity contribution is -0.128. The van der Waals surface area contributed by atoms with Gasteiger partial charge >= 0.3 is 0 Å². The Hall–Kier alpha value is -2.63. The summed E-state index contributed by atoms with van der Waals surface area (Å²) in [6.45, 7) is 3.13. The Bertz CT molecular complexity index is 814. The number of hydrogen-bond donors (Lipinski definition) is 2. The molecule has 6 nitrogen and oxygen atoms in total. The van der Waals surface area contributed by atoms with E-state index < -0.39 is 0 Å². The highest BCUT2D eigenvalue weighted by Crippen LogP contribution is 2.24. The van der Waals surface area contributed by atoms with Crippen LogP contribution < -0.4 is 5.32 Å². The first-order valence-corrected chi connectivity index (χ1v) is 9.25. The first-order chi connectivity index (χ1) is 12.6. The standard InChI is InChI=1S/C20H24N4O2/c1-13-21-17-8-7-15(9-18(17)22-13)20(26)23-16-10-19(25)24(12-16)11-14-5-3-2-4-6-14/h2-6,15-16H,7-12H2,1H3,(H,21,22)(H,23,26)/t15-,16+/m1/s1. The molecule has 2 amide bonds. The van der Waals surface area contributed by atoms with Crippen molar-refractivity contribution < 1.29 is 9.59 Å². The van der Waals surface area contributed by atoms with Crippen molar-refractivity contribution in [3.8, 4) is 0 Å². The quantitative estimate of drug-likeness (QED) is 0.880. The van der Waals surface area contributed by atoms with Crippen LogP contribution in [0.2, 0.25) is 0 Å². The molecule has 6 heteroatoms. The lowest BCUT2D eigenvalue weighted by atomic mass is 9.89. The van der Waals surface area contributed by atoms with E-state index in [0.717, 1.165) is 35.6 Å². The van der Waals surface area contributed by atoms with Gasteiger partial charge < -0.3 is 15.2 Å². The maximum Gasteiger partial charge on any atom is 0.225 e.